The number of piperidine rings is 1. The highest BCUT2D eigenvalue weighted by molar-refractivity contribution is 6.31. The lowest BCUT2D eigenvalue weighted by atomic mass is 9.93. The number of carbonyl (C=O) groups excluding carboxylic acids is 1. The number of benzene rings is 1. The van der Waals surface area contributed by atoms with Crippen LogP contribution in [-0.2, 0) is 4.79 Å². The van der Waals surface area contributed by atoms with E-state index in [9.17, 15) is 9.59 Å². The number of ether oxygens (including phenoxy) is 1. The van der Waals surface area contributed by atoms with Crippen molar-refractivity contribution in [3.8, 4) is 5.75 Å². The zero-order valence-corrected chi connectivity index (χ0v) is 14.9. The first-order chi connectivity index (χ1) is 11.4. The number of carbonyl (C=O) groups is 2. The second kappa shape index (κ2) is 8.38. The van der Waals surface area contributed by atoms with Crippen LogP contribution in [0.25, 0.3) is 0 Å². The van der Waals surface area contributed by atoms with Gasteiger partial charge in [-0.15, -0.1) is 0 Å². The molecule has 1 aliphatic heterocycles. The summed E-state index contributed by atoms with van der Waals surface area (Å²) >= 11 is 6.06. The molecule has 1 N–H and O–H groups in total. The van der Waals surface area contributed by atoms with Gasteiger partial charge in [0.25, 0.3) is 5.91 Å². The number of aliphatic carboxylic acids is 1. The van der Waals surface area contributed by atoms with Gasteiger partial charge in [0.1, 0.15) is 5.75 Å². The SMILES string of the molecule is CC(C)Oc1ccc(Cl)cc1C(=O)N1CCCC(CCC(=O)O)C1. The monoisotopic (exact) mass is 353 g/mol. The fraction of sp³-hybridized carbons (Fsp3) is 0.556. The second-order valence-corrected chi connectivity index (χ2v) is 6.94. The molecule has 0 spiro atoms. The van der Waals surface area contributed by atoms with Crippen molar-refractivity contribution in [2.24, 2.45) is 5.92 Å². The van der Waals surface area contributed by atoms with Crippen molar-refractivity contribution < 1.29 is 19.4 Å². The van der Waals surface area contributed by atoms with Crippen LogP contribution in [0.2, 0.25) is 5.02 Å². The summed E-state index contributed by atoms with van der Waals surface area (Å²) in [4.78, 5) is 25.4. The molecule has 1 aromatic carbocycles. The summed E-state index contributed by atoms with van der Waals surface area (Å²) in [6.45, 7) is 5.08. The third-order valence-corrected chi connectivity index (χ3v) is 4.34. The Morgan fingerprint density at radius 3 is 2.83 bits per heavy atom. The van der Waals surface area contributed by atoms with Crippen molar-refractivity contribution in [3.63, 3.8) is 0 Å². The second-order valence-electron chi connectivity index (χ2n) is 6.50. The number of amides is 1. The van der Waals surface area contributed by atoms with Gasteiger partial charge in [0.05, 0.1) is 11.7 Å². The summed E-state index contributed by atoms with van der Waals surface area (Å²) < 4.78 is 5.73. The maximum atomic E-state index is 12.9. The van der Waals surface area contributed by atoms with Crippen LogP contribution in [0.15, 0.2) is 18.2 Å². The molecule has 1 heterocycles. The van der Waals surface area contributed by atoms with Gasteiger partial charge in [0, 0.05) is 24.5 Å². The summed E-state index contributed by atoms with van der Waals surface area (Å²) in [5, 5.41) is 9.33. The van der Waals surface area contributed by atoms with Crippen molar-refractivity contribution in [2.45, 2.75) is 45.6 Å². The van der Waals surface area contributed by atoms with Gasteiger partial charge in [-0.1, -0.05) is 11.6 Å². The molecule has 132 valence electrons. The zero-order chi connectivity index (χ0) is 17.7. The van der Waals surface area contributed by atoms with E-state index in [2.05, 4.69) is 0 Å². The van der Waals surface area contributed by atoms with Gasteiger partial charge in [-0.2, -0.15) is 0 Å². The molecule has 2 rings (SSSR count). The summed E-state index contributed by atoms with van der Waals surface area (Å²) in [6.07, 6.45) is 2.55. The molecule has 1 aromatic rings. The maximum Gasteiger partial charge on any atom is 0.303 e. The van der Waals surface area contributed by atoms with E-state index in [1.807, 2.05) is 13.8 Å². The number of halogens is 1. The Bertz CT molecular complexity index is 603. The van der Waals surface area contributed by atoms with Crippen molar-refractivity contribution in [3.05, 3.63) is 28.8 Å². The molecule has 0 aliphatic carbocycles. The quantitative estimate of drug-likeness (QED) is 0.843. The Kier molecular flexibility index (Phi) is 6.49. The summed E-state index contributed by atoms with van der Waals surface area (Å²) in [5.41, 5.74) is 0.468. The van der Waals surface area contributed by atoms with E-state index in [1.54, 1.807) is 23.1 Å². The van der Waals surface area contributed by atoms with E-state index < -0.39 is 5.97 Å². The van der Waals surface area contributed by atoms with Gasteiger partial charge >= 0.3 is 5.97 Å². The van der Waals surface area contributed by atoms with Crippen LogP contribution in [0.3, 0.4) is 0 Å². The number of carboxylic acid groups (broad SMARTS) is 1. The first-order valence-corrected chi connectivity index (χ1v) is 8.72. The van der Waals surface area contributed by atoms with Crippen LogP contribution in [0.4, 0.5) is 0 Å². The fourth-order valence-electron chi connectivity index (χ4n) is 3.01. The molecule has 1 amide bonds. The molecule has 0 aromatic heterocycles. The summed E-state index contributed by atoms with van der Waals surface area (Å²) in [5.74, 6) is -0.131. The Balaban J connectivity index is 2.12. The topological polar surface area (TPSA) is 66.8 Å². The minimum Gasteiger partial charge on any atom is -0.490 e. The highest BCUT2D eigenvalue weighted by atomic mass is 35.5. The molecule has 1 saturated heterocycles. The lowest BCUT2D eigenvalue weighted by Gasteiger charge is -2.33. The first-order valence-electron chi connectivity index (χ1n) is 8.34. The number of rotatable bonds is 6. The lowest BCUT2D eigenvalue weighted by Crippen LogP contribution is -2.40. The normalized spacial score (nSPS) is 17.8. The van der Waals surface area contributed by atoms with Gasteiger partial charge in [-0.05, 0) is 57.2 Å². The number of likely N-dealkylation sites (tertiary alicyclic amines) is 1. The third-order valence-electron chi connectivity index (χ3n) is 4.11. The van der Waals surface area contributed by atoms with Gasteiger partial charge in [-0.25, -0.2) is 0 Å². The molecule has 1 atom stereocenters. The minimum absolute atomic E-state index is 0.0394. The van der Waals surface area contributed by atoms with E-state index in [0.29, 0.717) is 35.8 Å². The van der Waals surface area contributed by atoms with Crippen LogP contribution >= 0.6 is 11.6 Å². The third kappa shape index (κ3) is 5.13. The average molecular weight is 354 g/mol. The van der Waals surface area contributed by atoms with Crippen LogP contribution < -0.4 is 4.74 Å². The molecule has 24 heavy (non-hydrogen) atoms. The molecule has 0 bridgehead atoms. The molecule has 5 nitrogen and oxygen atoms in total. The molecule has 6 heteroatoms. The first kappa shape index (κ1) is 18.6. The average Bonchev–Trinajstić information content (AvgIpc) is 2.54. The van der Waals surface area contributed by atoms with E-state index >= 15 is 0 Å². The largest absolute Gasteiger partial charge is 0.490 e. The van der Waals surface area contributed by atoms with Crippen molar-refractivity contribution >= 4 is 23.5 Å². The molecule has 0 radical (unpaired) electrons. The predicted octanol–water partition coefficient (Wildman–Crippen LogP) is 3.84. The van der Waals surface area contributed by atoms with E-state index in [1.165, 1.54) is 0 Å². The van der Waals surface area contributed by atoms with E-state index in [0.717, 1.165) is 12.8 Å². The fourth-order valence-corrected chi connectivity index (χ4v) is 3.18. The highest BCUT2D eigenvalue weighted by Gasteiger charge is 2.27. The standard InChI is InChI=1S/C18H24ClNO4/c1-12(2)24-16-7-6-14(19)10-15(16)18(23)20-9-3-4-13(11-20)5-8-17(21)22/h6-7,10,12-13H,3-5,8-9,11H2,1-2H3,(H,21,22). The van der Waals surface area contributed by atoms with Crippen molar-refractivity contribution in [2.75, 3.05) is 13.1 Å². The summed E-state index contributed by atoms with van der Waals surface area (Å²) in [6, 6.07) is 5.08. The molecule has 1 unspecified atom stereocenters. The Hall–Kier alpha value is -1.75. The van der Waals surface area contributed by atoms with Crippen LogP contribution in [0.5, 0.6) is 5.75 Å². The molecular formula is C18H24ClNO4. The number of hydrogen-bond acceptors (Lipinski definition) is 3. The zero-order valence-electron chi connectivity index (χ0n) is 14.1. The van der Waals surface area contributed by atoms with E-state index in [4.69, 9.17) is 21.4 Å². The maximum absolute atomic E-state index is 12.9. The molecular weight excluding hydrogens is 330 g/mol. The number of hydrogen-bond donors (Lipinski definition) is 1. The van der Waals surface area contributed by atoms with Gasteiger partial charge in [0.2, 0.25) is 0 Å². The number of carboxylic acids is 1. The van der Waals surface area contributed by atoms with E-state index in [-0.39, 0.29) is 24.3 Å². The summed E-state index contributed by atoms with van der Waals surface area (Å²) in [7, 11) is 0. The van der Waals surface area contributed by atoms with Gasteiger partial charge < -0.3 is 14.7 Å². The van der Waals surface area contributed by atoms with Crippen molar-refractivity contribution in [1.82, 2.24) is 4.90 Å². The van der Waals surface area contributed by atoms with Gasteiger partial charge in [-0.3, -0.25) is 9.59 Å². The van der Waals surface area contributed by atoms with Gasteiger partial charge in [0.15, 0.2) is 0 Å². The van der Waals surface area contributed by atoms with Crippen LogP contribution in [0.1, 0.15) is 49.9 Å². The molecule has 0 saturated carbocycles. The Labute approximate surface area is 147 Å². The Morgan fingerprint density at radius 2 is 2.17 bits per heavy atom. The molecule has 1 aliphatic rings. The molecule has 1 fully saturated rings. The highest BCUT2D eigenvalue weighted by Crippen LogP contribution is 2.28. The number of nitrogens with zero attached hydrogens (tertiary/aromatic N) is 1. The van der Waals surface area contributed by atoms with Crippen LogP contribution in [0, 0.1) is 5.92 Å². The Morgan fingerprint density at radius 1 is 1.42 bits per heavy atom. The smallest absolute Gasteiger partial charge is 0.303 e. The predicted molar refractivity (Wildman–Crippen MR) is 92.7 cm³/mol. The van der Waals surface area contributed by atoms with Crippen LogP contribution in [-0.4, -0.2) is 41.1 Å². The van der Waals surface area contributed by atoms with Crippen molar-refractivity contribution in [1.29, 1.82) is 0 Å². The minimum atomic E-state index is -0.791. The lowest BCUT2D eigenvalue weighted by molar-refractivity contribution is -0.137.